The van der Waals surface area contributed by atoms with E-state index in [-0.39, 0.29) is 16.3 Å². The lowest BCUT2D eigenvalue weighted by Gasteiger charge is -2.02. The van der Waals surface area contributed by atoms with Gasteiger partial charge in [0.2, 0.25) is 0 Å². The summed E-state index contributed by atoms with van der Waals surface area (Å²) >= 11 is 1.01. The van der Waals surface area contributed by atoms with Crippen molar-refractivity contribution in [1.82, 2.24) is 4.72 Å². The molecule has 0 saturated heterocycles. The van der Waals surface area contributed by atoms with Gasteiger partial charge in [0.25, 0.3) is 10.0 Å². The van der Waals surface area contributed by atoms with Gasteiger partial charge in [-0.15, -0.1) is 11.3 Å². The van der Waals surface area contributed by atoms with Crippen LogP contribution in [0.5, 0.6) is 0 Å². The molecule has 17 heavy (non-hydrogen) atoms. The first-order chi connectivity index (χ1) is 8.13. The molecule has 0 saturated carbocycles. The van der Waals surface area contributed by atoms with Gasteiger partial charge in [0.1, 0.15) is 11.8 Å². The summed E-state index contributed by atoms with van der Waals surface area (Å²) in [6.07, 6.45) is 1.47. The normalized spacial score (nSPS) is 11.2. The Morgan fingerprint density at radius 1 is 1.47 bits per heavy atom. The fourth-order valence-corrected chi connectivity index (χ4v) is 3.52. The van der Waals surface area contributed by atoms with E-state index in [4.69, 9.17) is 9.68 Å². The second-order valence-corrected chi connectivity index (χ2v) is 6.02. The molecular weight excluding hydrogens is 260 g/mol. The maximum Gasteiger partial charge on any atom is 0.251 e. The van der Waals surface area contributed by atoms with Gasteiger partial charge in [-0.25, -0.2) is 13.1 Å². The lowest BCUT2D eigenvalue weighted by atomic mass is 10.4. The van der Waals surface area contributed by atoms with E-state index in [9.17, 15) is 8.42 Å². The second kappa shape index (κ2) is 4.71. The smallest absolute Gasteiger partial charge is 0.251 e. The highest BCUT2D eigenvalue weighted by atomic mass is 32.2. The summed E-state index contributed by atoms with van der Waals surface area (Å²) in [6, 6.07) is 6.67. The van der Waals surface area contributed by atoms with E-state index in [0.717, 1.165) is 11.3 Å². The Labute approximate surface area is 102 Å². The van der Waals surface area contributed by atoms with E-state index in [1.807, 2.05) is 6.07 Å². The molecule has 0 aromatic carbocycles. The van der Waals surface area contributed by atoms with Crippen LogP contribution in [0, 0.1) is 11.3 Å². The second-order valence-electron chi connectivity index (χ2n) is 3.14. The fraction of sp³-hybridized carbons (Fsp3) is 0.100. The quantitative estimate of drug-likeness (QED) is 0.914. The van der Waals surface area contributed by atoms with E-state index in [1.54, 1.807) is 17.5 Å². The lowest BCUT2D eigenvalue weighted by molar-refractivity contribution is 0.499. The van der Waals surface area contributed by atoms with Gasteiger partial charge in [0, 0.05) is 0 Å². The van der Waals surface area contributed by atoms with Crippen LogP contribution >= 0.6 is 11.3 Å². The van der Waals surface area contributed by atoms with Gasteiger partial charge in [-0.3, -0.25) is 0 Å². The van der Waals surface area contributed by atoms with Crippen molar-refractivity contribution in [2.24, 2.45) is 0 Å². The Balaban J connectivity index is 2.18. The summed E-state index contributed by atoms with van der Waals surface area (Å²) in [6.45, 7) is 0.0676. The van der Waals surface area contributed by atoms with Crippen LogP contribution in [0.3, 0.4) is 0 Å². The van der Waals surface area contributed by atoms with Crippen LogP contribution in [-0.2, 0) is 16.6 Å². The number of sulfonamides is 1. The molecule has 2 heterocycles. The van der Waals surface area contributed by atoms with Crippen molar-refractivity contribution >= 4 is 21.4 Å². The number of nitrogens with zero attached hydrogens (tertiary/aromatic N) is 1. The highest BCUT2D eigenvalue weighted by Gasteiger charge is 2.20. The van der Waals surface area contributed by atoms with E-state index < -0.39 is 10.0 Å². The molecule has 0 spiro atoms. The average molecular weight is 268 g/mol. The molecule has 2 aromatic rings. The summed E-state index contributed by atoms with van der Waals surface area (Å²) in [5.74, 6) is 0.517. The minimum absolute atomic E-state index is 0.0338. The predicted octanol–water partition coefficient (Wildman–Crippen LogP) is 1.69. The van der Waals surface area contributed by atoms with E-state index in [0.29, 0.717) is 5.76 Å². The van der Waals surface area contributed by atoms with Gasteiger partial charge < -0.3 is 4.42 Å². The number of thiophene rings is 1. The van der Waals surface area contributed by atoms with Crippen LogP contribution in [0.25, 0.3) is 0 Å². The summed E-state index contributed by atoms with van der Waals surface area (Å²) in [5.41, 5.74) is 0.155. The Hall–Kier alpha value is -1.62. The first kappa shape index (κ1) is 11.9. The van der Waals surface area contributed by atoms with Gasteiger partial charge in [-0.1, -0.05) is 0 Å². The zero-order valence-electron chi connectivity index (χ0n) is 8.58. The number of nitriles is 1. The molecular formula is C10H8N2O3S2. The van der Waals surface area contributed by atoms with E-state index >= 15 is 0 Å². The van der Waals surface area contributed by atoms with Gasteiger partial charge in [0.15, 0.2) is 4.21 Å². The monoisotopic (exact) mass is 268 g/mol. The van der Waals surface area contributed by atoms with Crippen molar-refractivity contribution in [3.05, 3.63) is 41.2 Å². The van der Waals surface area contributed by atoms with Crippen LogP contribution in [0.15, 0.2) is 38.5 Å². The number of hydrogen-bond donors (Lipinski definition) is 1. The Morgan fingerprint density at radius 2 is 2.29 bits per heavy atom. The summed E-state index contributed by atoms with van der Waals surface area (Å²) in [5, 5.41) is 10.3. The topological polar surface area (TPSA) is 83.1 Å². The Kier molecular flexibility index (Phi) is 3.28. The zero-order chi connectivity index (χ0) is 12.3. The van der Waals surface area contributed by atoms with Crippen LogP contribution in [0.1, 0.15) is 11.3 Å². The minimum atomic E-state index is -3.65. The van der Waals surface area contributed by atoms with Gasteiger partial charge in [0.05, 0.1) is 18.4 Å². The van der Waals surface area contributed by atoms with E-state index in [1.165, 1.54) is 12.3 Å². The molecule has 1 N–H and O–H groups in total. The molecule has 5 nitrogen and oxygen atoms in total. The molecule has 88 valence electrons. The average Bonchev–Trinajstić information content (AvgIpc) is 2.97. The molecule has 7 heteroatoms. The highest BCUT2D eigenvalue weighted by Crippen LogP contribution is 2.21. The minimum Gasteiger partial charge on any atom is -0.468 e. The summed E-state index contributed by atoms with van der Waals surface area (Å²) < 4.78 is 31.2. The third-order valence-electron chi connectivity index (χ3n) is 2.01. The Morgan fingerprint density at radius 3 is 2.94 bits per heavy atom. The molecule has 0 bridgehead atoms. The third kappa shape index (κ3) is 2.55. The van der Waals surface area contributed by atoms with Crippen molar-refractivity contribution < 1.29 is 12.8 Å². The van der Waals surface area contributed by atoms with Gasteiger partial charge in [-0.05, 0) is 23.6 Å². The van der Waals surface area contributed by atoms with Crippen LogP contribution in [-0.4, -0.2) is 8.42 Å². The standard InChI is InChI=1S/C10H8N2O3S2/c11-6-8-3-5-16-10(8)17(13,14)12-7-9-2-1-4-15-9/h1-5,12H,7H2. The molecule has 0 aliphatic rings. The van der Waals surface area contributed by atoms with Gasteiger partial charge >= 0.3 is 0 Å². The highest BCUT2D eigenvalue weighted by molar-refractivity contribution is 7.91. The number of nitrogens with one attached hydrogen (secondary N) is 1. The zero-order valence-corrected chi connectivity index (χ0v) is 10.2. The van der Waals surface area contributed by atoms with Crippen LogP contribution in [0.2, 0.25) is 0 Å². The molecule has 0 unspecified atom stereocenters. The predicted molar refractivity (Wildman–Crippen MR) is 61.8 cm³/mol. The van der Waals surface area contributed by atoms with Crippen molar-refractivity contribution in [2.45, 2.75) is 10.8 Å². The molecule has 0 amide bonds. The maximum atomic E-state index is 11.9. The molecule has 0 radical (unpaired) electrons. The number of rotatable bonds is 4. The van der Waals surface area contributed by atoms with Crippen molar-refractivity contribution in [1.29, 1.82) is 5.26 Å². The molecule has 0 fully saturated rings. The molecule has 0 aliphatic heterocycles. The lowest BCUT2D eigenvalue weighted by Crippen LogP contribution is -2.22. The van der Waals surface area contributed by atoms with E-state index in [2.05, 4.69) is 4.72 Å². The van der Waals surface area contributed by atoms with Crippen molar-refractivity contribution in [2.75, 3.05) is 0 Å². The third-order valence-corrected chi connectivity index (χ3v) is 4.90. The number of hydrogen-bond acceptors (Lipinski definition) is 5. The SMILES string of the molecule is N#Cc1ccsc1S(=O)(=O)NCc1ccco1. The molecule has 2 rings (SSSR count). The van der Waals surface area contributed by atoms with Crippen molar-refractivity contribution in [3.8, 4) is 6.07 Å². The molecule has 0 atom stereocenters. The summed E-state index contributed by atoms with van der Waals surface area (Å²) in [4.78, 5) is 0. The van der Waals surface area contributed by atoms with Gasteiger partial charge in [-0.2, -0.15) is 5.26 Å². The van der Waals surface area contributed by atoms with Crippen molar-refractivity contribution in [3.63, 3.8) is 0 Å². The largest absolute Gasteiger partial charge is 0.468 e. The summed E-state index contributed by atoms with van der Waals surface area (Å²) in [7, 11) is -3.65. The first-order valence-electron chi connectivity index (χ1n) is 4.63. The Bertz CT molecular complexity index is 635. The first-order valence-corrected chi connectivity index (χ1v) is 6.99. The molecule has 2 aromatic heterocycles. The number of furan rings is 1. The van der Waals surface area contributed by atoms with Crippen LogP contribution < -0.4 is 4.72 Å². The van der Waals surface area contributed by atoms with Crippen LogP contribution in [0.4, 0.5) is 0 Å². The fourth-order valence-electron chi connectivity index (χ4n) is 1.23. The maximum absolute atomic E-state index is 11.9. The molecule has 0 aliphatic carbocycles.